The molecule has 0 bridgehead atoms. The van der Waals surface area contributed by atoms with Crippen LogP contribution in [0.2, 0.25) is 5.02 Å². The van der Waals surface area contributed by atoms with Gasteiger partial charge in [0.1, 0.15) is 18.7 Å². The van der Waals surface area contributed by atoms with Crippen LogP contribution in [0.25, 0.3) is 11.0 Å². The molecule has 0 aliphatic rings. The molecule has 1 aromatic carbocycles. The largest absolute Gasteiger partial charge is 0.468 e. The highest BCUT2D eigenvalue weighted by atomic mass is 35.5. The van der Waals surface area contributed by atoms with Crippen LogP contribution < -0.4 is 4.90 Å². The lowest BCUT2D eigenvalue weighted by Gasteiger charge is -2.31. The Hall–Kier alpha value is -2.67. The van der Waals surface area contributed by atoms with Crippen molar-refractivity contribution in [2.45, 2.75) is 32.4 Å². The summed E-state index contributed by atoms with van der Waals surface area (Å²) in [5, 5.41) is 5.79. The third-order valence-electron chi connectivity index (χ3n) is 4.98. The van der Waals surface area contributed by atoms with E-state index < -0.39 is 0 Å². The van der Waals surface area contributed by atoms with Gasteiger partial charge in [-0.3, -0.25) is 4.79 Å². The summed E-state index contributed by atoms with van der Waals surface area (Å²) in [6, 6.07) is 8.05. The van der Waals surface area contributed by atoms with E-state index in [-0.39, 0.29) is 24.5 Å². The van der Waals surface area contributed by atoms with Gasteiger partial charge in [0, 0.05) is 24.0 Å². The number of likely N-dealkylation sites (N-methyl/N-ethyl adjacent to an activating group) is 1. The van der Waals surface area contributed by atoms with E-state index in [0.29, 0.717) is 5.65 Å². The predicted octanol–water partition coefficient (Wildman–Crippen LogP) is 3.28. The number of methoxy groups -OCH3 is 1. The minimum absolute atomic E-state index is 0.0108. The average molecular weight is 388 g/mol. The molecular formula is C19H22ClN5O2. The second kappa shape index (κ2) is 7.92. The summed E-state index contributed by atoms with van der Waals surface area (Å²) in [4.78, 5) is 22.4. The number of benzene rings is 1. The fourth-order valence-electron chi connectivity index (χ4n) is 3.04. The minimum Gasteiger partial charge on any atom is -0.468 e. The van der Waals surface area contributed by atoms with E-state index in [2.05, 4.69) is 33.8 Å². The Labute approximate surface area is 162 Å². The lowest BCUT2D eigenvalue weighted by atomic mass is 9.93. The summed E-state index contributed by atoms with van der Waals surface area (Å²) >= 11 is 6.00. The molecule has 27 heavy (non-hydrogen) atoms. The van der Waals surface area contributed by atoms with Crippen molar-refractivity contribution in [3.05, 3.63) is 47.4 Å². The van der Waals surface area contributed by atoms with E-state index in [1.54, 1.807) is 6.20 Å². The molecule has 3 rings (SSSR count). The standard InChI is InChI=1S/C19H22ClN5O2/c1-12(14-5-7-15(20)8-6-14)13(2)24(3)18-16-9-23-25(10-17(26)27-4)19(16)22-11-21-18/h5-9,11-13H,10H2,1-4H3/t12-,13+/m1/s1. The summed E-state index contributed by atoms with van der Waals surface area (Å²) in [5.74, 6) is 0.644. The van der Waals surface area contributed by atoms with E-state index in [9.17, 15) is 4.79 Å². The molecule has 0 fully saturated rings. The van der Waals surface area contributed by atoms with Crippen molar-refractivity contribution in [3.63, 3.8) is 0 Å². The maximum absolute atomic E-state index is 11.6. The highest BCUT2D eigenvalue weighted by molar-refractivity contribution is 6.30. The molecule has 142 valence electrons. The maximum Gasteiger partial charge on any atom is 0.327 e. The highest BCUT2D eigenvalue weighted by Gasteiger charge is 2.23. The molecule has 2 atom stereocenters. The van der Waals surface area contributed by atoms with Crippen LogP contribution in [-0.4, -0.2) is 45.9 Å². The molecule has 2 aromatic heterocycles. The molecule has 0 spiro atoms. The van der Waals surface area contributed by atoms with E-state index in [1.807, 2.05) is 31.3 Å². The fourth-order valence-corrected chi connectivity index (χ4v) is 3.16. The van der Waals surface area contributed by atoms with Crippen LogP contribution in [0.1, 0.15) is 25.3 Å². The van der Waals surface area contributed by atoms with Gasteiger partial charge in [-0.15, -0.1) is 0 Å². The van der Waals surface area contributed by atoms with Crippen molar-refractivity contribution in [2.24, 2.45) is 0 Å². The Morgan fingerprint density at radius 3 is 2.63 bits per heavy atom. The van der Waals surface area contributed by atoms with E-state index in [0.717, 1.165) is 16.2 Å². The van der Waals surface area contributed by atoms with Crippen LogP contribution in [0.5, 0.6) is 0 Å². The molecule has 0 saturated heterocycles. The van der Waals surface area contributed by atoms with Crippen LogP contribution in [0, 0.1) is 0 Å². The number of halogens is 1. The number of hydrogen-bond donors (Lipinski definition) is 0. The van der Waals surface area contributed by atoms with Gasteiger partial charge in [0.2, 0.25) is 0 Å². The minimum atomic E-state index is -0.377. The predicted molar refractivity (Wildman–Crippen MR) is 105 cm³/mol. The Balaban J connectivity index is 1.89. The Morgan fingerprint density at radius 1 is 1.26 bits per heavy atom. The van der Waals surface area contributed by atoms with Gasteiger partial charge in [0.15, 0.2) is 5.65 Å². The number of esters is 1. The summed E-state index contributed by atoms with van der Waals surface area (Å²) in [6.45, 7) is 4.33. The van der Waals surface area contributed by atoms with Gasteiger partial charge in [-0.1, -0.05) is 30.7 Å². The van der Waals surface area contributed by atoms with E-state index >= 15 is 0 Å². The van der Waals surface area contributed by atoms with Crippen LogP contribution in [0.3, 0.4) is 0 Å². The Morgan fingerprint density at radius 2 is 1.96 bits per heavy atom. The fraction of sp³-hybridized carbons (Fsp3) is 0.368. The van der Waals surface area contributed by atoms with Gasteiger partial charge in [-0.05, 0) is 24.6 Å². The van der Waals surface area contributed by atoms with Crippen molar-refractivity contribution in [1.82, 2.24) is 19.7 Å². The van der Waals surface area contributed by atoms with E-state index in [1.165, 1.54) is 23.7 Å². The van der Waals surface area contributed by atoms with Crippen LogP contribution in [0.15, 0.2) is 36.8 Å². The lowest BCUT2D eigenvalue weighted by molar-refractivity contribution is -0.141. The normalized spacial score (nSPS) is 13.4. The van der Waals surface area contributed by atoms with Crippen LogP contribution >= 0.6 is 11.6 Å². The lowest BCUT2D eigenvalue weighted by Crippen LogP contribution is -2.34. The summed E-state index contributed by atoms with van der Waals surface area (Å²) in [7, 11) is 3.35. The molecule has 8 heteroatoms. The topological polar surface area (TPSA) is 73.1 Å². The second-order valence-corrected chi connectivity index (χ2v) is 6.94. The smallest absolute Gasteiger partial charge is 0.327 e. The molecule has 0 N–H and O–H groups in total. The second-order valence-electron chi connectivity index (χ2n) is 6.50. The monoisotopic (exact) mass is 387 g/mol. The van der Waals surface area contributed by atoms with E-state index in [4.69, 9.17) is 16.3 Å². The number of hydrogen-bond acceptors (Lipinski definition) is 6. The third kappa shape index (κ3) is 3.88. The molecule has 0 unspecified atom stereocenters. The van der Waals surface area contributed by atoms with Crippen molar-refractivity contribution < 1.29 is 9.53 Å². The molecule has 0 saturated carbocycles. The number of carbonyl (C=O) groups excluding carboxylic acids is 1. The van der Waals surface area contributed by atoms with Crippen molar-refractivity contribution >= 4 is 34.4 Å². The van der Waals surface area contributed by atoms with Gasteiger partial charge < -0.3 is 9.64 Å². The number of rotatable bonds is 6. The van der Waals surface area contributed by atoms with Gasteiger partial charge in [0.25, 0.3) is 0 Å². The number of anilines is 1. The molecule has 0 aliphatic carbocycles. The van der Waals surface area contributed by atoms with Crippen molar-refractivity contribution in [1.29, 1.82) is 0 Å². The van der Waals surface area contributed by atoms with Crippen LogP contribution in [-0.2, 0) is 16.1 Å². The first kappa shape index (κ1) is 19.1. The molecule has 0 radical (unpaired) electrons. The summed E-state index contributed by atoms with van der Waals surface area (Å²) < 4.78 is 6.24. The molecule has 0 amide bonds. The van der Waals surface area contributed by atoms with Gasteiger partial charge in [0.05, 0.1) is 18.7 Å². The molecule has 3 aromatic rings. The first-order valence-electron chi connectivity index (χ1n) is 8.64. The number of nitrogens with zero attached hydrogens (tertiary/aromatic N) is 5. The number of fused-ring (bicyclic) bond motifs is 1. The quantitative estimate of drug-likeness (QED) is 0.604. The van der Waals surface area contributed by atoms with Crippen LogP contribution in [0.4, 0.5) is 5.82 Å². The van der Waals surface area contributed by atoms with Gasteiger partial charge in [-0.2, -0.15) is 5.10 Å². The Bertz CT molecular complexity index is 941. The summed E-state index contributed by atoms with van der Waals surface area (Å²) in [5.41, 5.74) is 1.80. The zero-order chi connectivity index (χ0) is 19.6. The van der Waals surface area contributed by atoms with Gasteiger partial charge >= 0.3 is 5.97 Å². The zero-order valence-electron chi connectivity index (χ0n) is 15.8. The van der Waals surface area contributed by atoms with Gasteiger partial charge in [-0.25, -0.2) is 14.6 Å². The zero-order valence-corrected chi connectivity index (χ0v) is 16.5. The first-order valence-corrected chi connectivity index (χ1v) is 9.01. The number of ether oxygens (including phenoxy) is 1. The maximum atomic E-state index is 11.6. The van der Waals surface area contributed by atoms with Crippen molar-refractivity contribution in [3.8, 4) is 0 Å². The Kier molecular flexibility index (Phi) is 5.60. The molecular weight excluding hydrogens is 366 g/mol. The molecule has 0 aliphatic heterocycles. The number of aromatic nitrogens is 4. The molecule has 2 heterocycles. The summed E-state index contributed by atoms with van der Waals surface area (Å²) in [6.07, 6.45) is 3.17. The number of carbonyl (C=O) groups is 1. The average Bonchev–Trinajstić information content (AvgIpc) is 3.09. The highest BCUT2D eigenvalue weighted by Crippen LogP contribution is 2.29. The molecule has 7 nitrogen and oxygen atoms in total. The first-order chi connectivity index (χ1) is 12.9. The van der Waals surface area contributed by atoms with Crippen molar-refractivity contribution in [2.75, 3.05) is 19.1 Å². The third-order valence-corrected chi connectivity index (χ3v) is 5.24. The SMILES string of the molecule is COC(=O)Cn1ncc2c(N(C)[C@@H](C)[C@@H](C)c3ccc(Cl)cc3)ncnc21.